The van der Waals surface area contributed by atoms with Gasteiger partial charge in [-0.05, 0) is 0 Å². The first kappa shape index (κ1) is 16.2. The summed E-state index contributed by atoms with van der Waals surface area (Å²) < 4.78 is 8.11. The number of anilines is 1. The molecule has 0 saturated carbocycles. The highest BCUT2D eigenvalue weighted by Gasteiger charge is 2.25. The highest BCUT2D eigenvalue weighted by molar-refractivity contribution is 5.43. The summed E-state index contributed by atoms with van der Waals surface area (Å²) in [5, 5.41) is 3.26. The van der Waals surface area contributed by atoms with E-state index in [0.717, 1.165) is 58.0 Å². The molecule has 3 rings (SSSR count). The number of ether oxygens (including phenoxy) is 1. The third-order valence-electron chi connectivity index (χ3n) is 4.95. The van der Waals surface area contributed by atoms with Crippen molar-refractivity contribution < 1.29 is 14.5 Å². The molecule has 23 heavy (non-hydrogen) atoms. The minimum Gasteiger partial charge on any atom is -0.370 e. The van der Waals surface area contributed by atoms with E-state index in [0.29, 0.717) is 12.4 Å². The molecule has 8 nitrogen and oxygen atoms in total. The average Bonchev–Trinajstić information content (AvgIpc) is 2.59. The Labute approximate surface area is 135 Å². The van der Waals surface area contributed by atoms with Gasteiger partial charge in [0.05, 0.1) is 26.3 Å². The predicted octanol–water partition coefficient (Wildman–Crippen LogP) is -3.84. The van der Waals surface area contributed by atoms with Crippen LogP contribution in [0.2, 0.25) is 0 Å². The Morgan fingerprint density at radius 3 is 2.52 bits per heavy atom. The highest BCUT2D eigenvalue weighted by atomic mass is 16.5. The van der Waals surface area contributed by atoms with Crippen LogP contribution < -0.4 is 26.4 Å². The van der Waals surface area contributed by atoms with Gasteiger partial charge in [0.15, 0.2) is 6.67 Å². The third kappa shape index (κ3) is 3.34. The van der Waals surface area contributed by atoms with E-state index in [9.17, 15) is 9.59 Å². The molecule has 0 radical (unpaired) electrons. The Kier molecular flexibility index (Phi) is 4.84. The zero-order chi connectivity index (χ0) is 16.4. The molecule has 0 aliphatic carbocycles. The maximum Gasteiger partial charge on any atom is 0.332 e. The van der Waals surface area contributed by atoms with Crippen molar-refractivity contribution in [3.05, 3.63) is 26.4 Å². The lowest BCUT2D eigenvalue weighted by Gasteiger charge is -2.29. The third-order valence-corrected chi connectivity index (χ3v) is 4.95. The predicted molar refractivity (Wildman–Crippen MR) is 85.9 cm³/mol. The molecule has 0 spiro atoms. The minimum absolute atomic E-state index is 0.174. The van der Waals surface area contributed by atoms with Gasteiger partial charge in [0, 0.05) is 20.5 Å². The fraction of sp³-hybridized carbons (Fsp3) is 0.733. The van der Waals surface area contributed by atoms with Gasteiger partial charge in [-0.15, -0.1) is 0 Å². The molecule has 0 bridgehead atoms. The van der Waals surface area contributed by atoms with E-state index < -0.39 is 0 Å². The fourth-order valence-electron chi connectivity index (χ4n) is 3.49. The van der Waals surface area contributed by atoms with Gasteiger partial charge in [0.2, 0.25) is 0 Å². The Balaban J connectivity index is 1.62. The number of fused-ring (bicyclic) bond motifs is 1. The number of aromatic nitrogens is 2. The van der Waals surface area contributed by atoms with E-state index in [1.54, 1.807) is 19.0 Å². The second-order valence-corrected chi connectivity index (χ2v) is 6.53. The maximum absolute atomic E-state index is 12.3. The van der Waals surface area contributed by atoms with Crippen LogP contribution in [0.15, 0.2) is 9.59 Å². The lowest BCUT2D eigenvalue weighted by Crippen LogP contribution is -3.16. The molecule has 1 atom stereocenters. The van der Waals surface area contributed by atoms with Crippen LogP contribution in [-0.2, 0) is 25.4 Å². The summed E-state index contributed by atoms with van der Waals surface area (Å²) in [7, 11) is 3.25. The Morgan fingerprint density at radius 2 is 1.78 bits per heavy atom. The number of rotatable bonds is 4. The van der Waals surface area contributed by atoms with E-state index in [1.165, 1.54) is 14.0 Å². The second-order valence-electron chi connectivity index (χ2n) is 6.53. The molecule has 2 aliphatic rings. The second kappa shape index (κ2) is 6.86. The van der Waals surface area contributed by atoms with Gasteiger partial charge >= 0.3 is 5.69 Å². The quantitative estimate of drug-likeness (QED) is 0.530. The van der Waals surface area contributed by atoms with Crippen LogP contribution in [0.25, 0.3) is 0 Å². The standard InChI is InChI=1S/C15H25N5O3/c1-17-13-12(14(21)18(2)15(17)22)10-20(11-16-13)5-3-4-19-6-8-23-9-7-19/h16H,3-11H2,1-2H3/p+2. The molecule has 128 valence electrons. The van der Waals surface area contributed by atoms with Crippen molar-refractivity contribution in [3.8, 4) is 0 Å². The topological polar surface area (TPSA) is 74.1 Å². The molecule has 0 amide bonds. The first-order chi connectivity index (χ1) is 11.1. The lowest BCUT2D eigenvalue weighted by molar-refractivity contribution is -0.929. The smallest absolute Gasteiger partial charge is 0.332 e. The Morgan fingerprint density at radius 1 is 1.09 bits per heavy atom. The number of quaternary nitrogens is 2. The van der Waals surface area contributed by atoms with Crippen LogP contribution in [0, 0.1) is 0 Å². The van der Waals surface area contributed by atoms with Gasteiger partial charge in [-0.1, -0.05) is 0 Å². The van der Waals surface area contributed by atoms with Crippen LogP contribution in [-0.4, -0.2) is 55.2 Å². The van der Waals surface area contributed by atoms with Crippen LogP contribution in [0.3, 0.4) is 0 Å². The van der Waals surface area contributed by atoms with Gasteiger partial charge in [-0.25, -0.2) is 4.79 Å². The summed E-state index contributed by atoms with van der Waals surface area (Å²) in [6, 6.07) is 0. The summed E-state index contributed by atoms with van der Waals surface area (Å²) in [6.07, 6.45) is 1.13. The summed E-state index contributed by atoms with van der Waals surface area (Å²) in [5.41, 5.74) is 0.266. The van der Waals surface area contributed by atoms with Crippen molar-refractivity contribution in [2.45, 2.75) is 13.0 Å². The largest absolute Gasteiger partial charge is 0.370 e. The first-order valence-corrected chi connectivity index (χ1v) is 8.35. The molecule has 1 aromatic heterocycles. The van der Waals surface area contributed by atoms with Gasteiger partial charge in [0.1, 0.15) is 31.0 Å². The van der Waals surface area contributed by atoms with Gasteiger partial charge in [-0.2, -0.15) is 0 Å². The number of morpholine rings is 1. The van der Waals surface area contributed by atoms with Gasteiger partial charge in [0.25, 0.3) is 5.56 Å². The highest BCUT2D eigenvalue weighted by Crippen LogP contribution is 2.08. The van der Waals surface area contributed by atoms with Crippen molar-refractivity contribution in [2.75, 3.05) is 51.4 Å². The summed E-state index contributed by atoms with van der Waals surface area (Å²) in [5.74, 6) is 0.681. The van der Waals surface area contributed by atoms with E-state index in [2.05, 4.69) is 5.32 Å². The van der Waals surface area contributed by atoms with Crippen LogP contribution in [0.1, 0.15) is 12.0 Å². The SMILES string of the molecule is Cn1c2c(c(=O)n(C)c1=O)C[NH+](CCC[NH+]1CCOCC1)CN2. The molecule has 1 unspecified atom stereocenters. The van der Waals surface area contributed by atoms with Crippen molar-refractivity contribution in [1.29, 1.82) is 0 Å². The van der Waals surface area contributed by atoms with Crippen molar-refractivity contribution in [1.82, 2.24) is 9.13 Å². The average molecular weight is 325 g/mol. The van der Waals surface area contributed by atoms with Crippen LogP contribution in [0.5, 0.6) is 0 Å². The van der Waals surface area contributed by atoms with Crippen molar-refractivity contribution >= 4 is 5.82 Å². The monoisotopic (exact) mass is 325 g/mol. The molecule has 1 fully saturated rings. The molecule has 2 aliphatic heterocycles. The molecule has 3 N–H and O–H groups in total. The molecular weight excluding hydrogens is 298 g/mol. The zero-order valence-electron chi connectivity index (χ0n) is 14.0. The summed E-state index contributed by atoms with van der Waals surface area (Å²) in [6.45, 7) is 7.55. The van der Waals surface area contributed by atoms with Crippen molar-refractivity contribution in [3.63, 3.8) is 0 Å². The van der Waals surface area contributed by atoms with E-state index >= 15 is 0 Å². The first-order valence-electron chi connectivity index (χ1n) is 8.35. The Bertz CT molecular complexity index is 675. The van der Waals surface area contributed by atoms with Crippen LogP contribution in [0.4, 0.5) is 5.82 Å². The van der Waals surface area contributed by atoms with E-state index in [4.69, 9.17) is 4.74 Å². The normalized spacial score (nSPS) is 21.7. The molecule has 1 saturated heterocycles. The number of hydrogen-bond donors (Lipinski definition) is 3. The fourth-order valence-corrected chi connectivity index (χ4v) is 3.49. The number of hydrogen-bond acceptors (Lipinski definition) is 4. The van der Waals surface area contributed by atoms with Gasteiger partial charge < -0.3 is 19.9 Å². The van der Waals surface area contributed by atoms with Gasteiger partial charge in [-0.3, -0.25) is 13.9 Å². The number of nitrogens with one attached hydrogen (secondary N) is 3. The molecule has 0 aromatic carbocycles. The van der Waals surface area contributed by atoms with Crippen LogP contribution >= 0.6 is 0 Å². The molecule has 3 heterocycles. The minimum atomic E-state index is -0.277. The summed E-state index contributed by atoms with van der Waals surface area (Å²) >= 11 is 0. The lowest BCUT2D eigenvalue weighted by atomic mass is 10.2. The summed E-state index contributed by atoms with van der Waals surface area (Å²) in [4.78, 5) is 27.2. The molecule has 8 heteroatoms. The van der Waals surface area contributed by atoms with Crippen molar-refractivity contribution in [2.24, 2.45) is 14.1 Å². The Hall–Kier alpha value is -1.64. The van der Waals surface area contributed by atoms with E-state index in [-0.39, 0.29) is 11.2 Å². The number of nitrogens with zero attached hydrogens (tertiary/aromatic N) is 2. The molecule has 1 aromatic rings. The maximum atomic E-state index is 12.3. The van der Waals surface area contributed by atoms with E-state index in [1.807, 2.05) is 0 Å². The zero-order valence-corrected chi connectivity index (χ0v) is 14.0. The molecular formula is C15H27N5O3+2.